The highest BCUT2D eigenvalue weighted by molar-refractivity contribution is 4.62. The average molecular weight is 155 g/mol. The van der Waals surface area contributed by atoms with Gasteiger partial charge in [0.05, 0.1) is 25.0 Å². The summed E-state index contributed by atoms with van der Waals surface area (Å²) in [6.45, 7) is 2.54. The summed E-state index contributed by atoms with van der Waals surface area (Å²) in [5.74, 6) is 0. The van der Waals surface area contributed by atoms with E-state index < -0.39 is 0 Å². The van der Waals surface area contributed by atoms with Gasteiger partial charge in [0, 0.05) is 0 Å². The maximum Gasteiger partial charge on any atom is 0.0866 e. The van der Waals surface area contributed by atoms with E-state index in [0.717, 1.165) is 12.8 Å². The first-order valence-corrected chi connectivity index (χ1v) is 3.85. The highest BCUT2D eigenvalue weighted by Gasteiger charge is 2.03. The predicted octanol–water partition coefficient (Wildman–Crippen LogP) is 0.439. The van der Waals surface area contributed by atoms with Crippen molar-refractivity contribution in [2.24, 2.45) is 0 Å². The molecule has 0 fully saturated rings. The quantitative estimate of drug-likeness (QED) is 0.686. The van der Waals surface area contributed by atoms with Crippen molar-refractivity contribution in [1.29, 1.82) is 0 Å². The number of hydrogen-bond donors (Lipinski definition) is 1. The van der Waals surface area contributed by atoms with E-state index in [0.29, 0.717) is 6.54 Å². The number of aliphatic hydroxyl groups is 1. The molecule has 0 unspecified atom stereocenters. The van der Waals surface area contributed by atoms with Crippen molar-refractivity contribution in [1.82, 2.24) is 15.0 Å². The first-order chi connectivity index (χ1) is 5.33. The van der Waals surface area contributed by atoms with Crippen LogP contribution in [0, 0.1) is 0 Å². The zero-order chi connectivity index (χ0) is 8.10. The summed E-state index contributed by atoms with van der Waals surface area (Å²) in [5, 5.41) is 17.1. The van der Waals surface area contributed by atoms with Crippen LogP contribution >= 0.6 is 0 Å². The van der Waals surface area contributed by atoms with Gasteiger partial charge in [-0.05, 0) is 6.42 Å². The maximum atomic E-state index is 9.32. The van der Waals surface area contributed by atoms with E-state index in [4.69, 9.17) is 0 Å². The third-order valence-electron chi connectivity index (χ3n) is 1.46. The minimum Gasteiger partial charge on any atom is -0.391 e. The molecule has 0 saturated heterocycles. The molecular weight excluding hydrogens is 142 g/mol. The summed E-state index contributed by atoms with van der Waals surface area (Å²) < 4.78 is 0. The molecule has 0 radical (unpaired) electrons. The van der Waals surface area contributed by atoms with Gasteiger partial charge in [-0.2, -0.15) is 15.0 Å². The third-order valence-corrected chi connectivity index (χ3v) is 1.46. The van der Waals surface area contributed by atoms with Gasteiger partial charge < -0.3 is 5.11 Å². The number of aliphatic hydroxyl groups excluding tert-OH is 1. The Balaban J connectivity index is 2.31. The van der Waals surface area contributed by atoms with Gasteiger partial charge in [-0.25, -0.2) is 0 Å². The molecule has 0 spiro atoms. The number of aromatic nitrogens is 3. The molecule has 0 aliphatic rings. The zero-order valence-corrected chi connectivity index (χ0v) is 6.64. The van der Waals surface area contributed by atoms with E-state index in [9.17, 15) is 5.11 Å². The topological polar surface area (TPSA) is 50.9 Å². The lowest BCUT2D eigenvalue weighted by Gasteiger charge is -2.06. The van der Waals surface area contributed by atoms with Crippen LogP contribution in [0.25, 0.3) is 0 Å². The van der Waals surface area contributed by atoms with Gasteiger partial charge in [0.15, 0.2) is 0 Å². The van der Waals surface area contributed by atoms with E-state index >= 15 is 0 Å². The number of nitrogens with zero attached hydrogens (tertiary/aromatic N) is 3. The van der Waals surface area contributed by atoms with Gasteiger partial charge in [0.2, 0.25) is 0 Å². The van der Waals surface area contributed by atoms with E-state index in [1.807, 2.05) is 6.92 Å². The van der Waals surface area contributed by atoms with Gasteiger partial charge in [-0.15, -0.1) is 0 Å². The molecule has 0 bridgehead atoms. The normalized spacial score (nSPS) is 13.3. The molecule has 11 heavy (non-hydrogen) atoms. The van der Waals surface area contributed by atoms with Crippen LogP contribution in [-0.4, -0.2) is 26.2 Å². The molecule has 0 amide bonds. The van der Waals surface area contributed by atoms with Gasteiger partial charge in [0.25, 0.3) is 0 Å². The van der Waals surface area contributed by atoms with Crippen LogP contribution < -0.4 is 0 Å². The Kier molecular flexibility index (Phi) is 3.04. The Morgan fingerprint density at radius 3 is 2.64 bits per heavy atom. The standard InChI is InChI=1S/C7H13N3O/c1-2-3-7(11)6-10-8-4-5-9-10/h4-5,7,11H,2-3,6H2,1H3/t7-/m0/s1. The smallest absolute Gasteiger partial charge is 0.0866 e. The molecule has 1 aromatic rings. The van der Waals surface area contributed by atoms with E-state index in [1.54, 1.807) is 12.4 Å². The van der Waals surface area contributed by atoms with Gasteiger partial charge in [-0.1, -0.05) is 13.3 Å². The lowest BCUT2D eigenvalue weighted by molar-refractivity contribution is 0.133. The molecule has 1 aromatic heterocycles. The first-order valence-electron chi connectivity index (χ1n) is 3.85. The second-order valence-electron chi connectivity index (χ2n) is 2.53. The minimum atomic E-state index is -0.313. The van der Waals surface area contributed by atoms with Gasteiger partial charge in [0.1, 0.15) is 0 Å². The van der Waals surface area contributed by atoms with Crippen molar-refractivity contribution in [3.8, 4) is 0 Å². The fourth-order valence-corrected chi connectivity index (χ4v) is 0.951. The van der Waals surface area contributed by atoms with Crippen LogP contribution in [0.5, 0.6) is 0 Å². The average Bonchev–Trinajstić information content (AvgIpc) is 2.40. The molecule has 0 saturated carbocycles. The molecule has 62 valence electrons. The van der Waals surface area contributed by atoms with E-state index in [-0.39, 0.29) is 6.10 Å². The first kappa shape index (κ1) is 8.20. The van der Waals surface area contributed by atoms with Crippen molar-refractivity contribution in [3.63, 3.8) is 0 Å². The Morgan fingerprint density at radius 1 is 1.45 bits per heavy atom. The van der Waals surface area contributed by atoms with Gasteiger partial charge in [-0.3, -0.25) is 0 Å². The lowest BCUT2D eigenvalue weighted by Crippen LogP contribution is -2.17. The summed E-state index contributed by atoms with van der Waals surface area (Å²) in [7, 11) is 0. The second-order valence-corrected chi connectivity index (χ2v) is 2.53. The molecule has 4 nitrogen and oxygen atoms in total. The molecule has 0 aliphatic heterocycles. The fraction of sp³-hybridized carbons (Fsp3) is 0.714. The lowest BCUT2D eigenvalue weighted by atomic mass is 10.2. The summed E-state index contributed by atoms with van der Waals surface area (Å²) in [6.07, 6.45) is 4.70. The minimum absolute atomic E-state index is 0.313. The van der Waals surface area contributed by atoms with Crippen molar-refractivity contribution in [2.45, 2.75) is 32.4 Å². The van der Waals surface area contributed by atoms with Gasteiger partial charge >= 0.3 is 0 Å². The zero-order valence-electron chi connectivity index (χ0n) is 6.64. The van der Waals surface area contributed by atoms with Crippen molar-refractivity contribution < 1.29 is 5.11 Å². The van der Waals surface area contributed by atoms with E-state index in [2.05, 4.69) is 10.2 Å². The van der Waals surface area contributed by atoms with Crippen LogP contribution in [0.1, 0.15) is 19.8 Å². The van der Waals surface area contributed by atoms with Crippen LogP contribution in [0.4, 0.5) is 0 Å². The van der Waals surface area contributed by atoms with Crippen LogP contribution in [0.2, 0.25) is 0 Å². The van der Waals surface area contributed by atoms with Crippen molar-refractivity contribution in [3.05, 3.63) is 12.4 Å². The third kappa shape index (κ3) is 2.67. The highest BCUT2D eigenvalue weighted by Crippen LogP contribution is 1.97. The largest absolute Gasteiger partial charge is 0.391 e. The summed E-state index contributed by atoms with van der Waals surface area (Å²) in [6, 6.07) is 0. The predicted molar refractivity (Wildman–Crippen MR) is 40.9 cm³/mol. The Bertz CT molecular complexity index is 186. The summed E-state index contributed by atoms with van der Waals surface area (Å²) in [4.78, 5) is 1.50. The summed E-state index contributed by atoms with van der Waals surface area (Å²) in [5.41, 5.74) is 0. The fourth-order valence-electron chi connectivity index (χ4n) is 0.951. The van der Waals surface area contributed by atoms with Crippen molar-refractivity contribution >= 4 is 0 Å². The maximum absolute atomic E-state index is 9.32. The molecule has 0 aliphatic carbocycles. The van der Waals surface area contributed by atoms with Crippen LogP contribution in [0.15, 0.2) is 12.4 Å². The second kappa shape index (κ2) is 4.08. The SMILES string of the molecule is CCC[C@H](O)Cn1nccn1. The molecule has 1 N–H and O–H groups in total. The summed E-state index contributed by atoms with van der Waals surface area (Å²) >= 11 is 0. The molecule has 1 rings (SSSR count). The highest BCUT2D eigenvalue weighted by atomic mass is 16.3. The van der Waals surface area contributed by atoms with Crippen molar-refractivity contribution in [2.75, 3.05) is 0 Å². The number of rotatable bonds is 4. The monoisotopic (exact) mass is 155 g/mol. The Labute approximate surface area is 65.8 Å². The van der Waals surface area contributed by atoms with Crippen LogP contribution in [-0.2, 0) is 6.54 Å². The molecular formula is C7H13N3O. The Morgan fingerprint density at radius 2 is 2.09 bits per heavy atom. The Hall–Kier alpha value is -0.900. The van der Waals surface area contributed by atoms with Crippen LogP contribution in [0.3, 0.4) is 0 Å². The molecule has 1 heterocycles. The molecule has 1 atom stereocenters. The van der Waals surface area contributed by atoms with E-state index in [1.165, 1.54) is 4.80 Å². The molecule has 4 heteroatoms. The number of hydrogen-bond acceptors (Lipinski definition) is 3. The molecule has 0 aromatic carbocycles.